The van der Waals surface area contributed by atoms with Crippen LogP contribution in [0.2, 0.25) is 0 Å². The van der Waals surface area contributed by atoms with E-state index in [0.717, 1.165) is 57.8 Å². The van der Waals surface area contributed by atoms with Crippen molar-refractivity contribution < 1.29 is 42.1 Å². The minimum atomic E-state index is -4.41. The normalized spacial score (nSPS) is 13.7. The molecule has 2 unspecified atom stereocenters. The minimum Gasteiger partial charge on any atom is -0.462 e. The number of hydrogen-bond donors (Lipinski definition) is 1. The van der Waals surface area contributed by atoms with Crippen LogP contribution in [-0.2, 0) is 32.7 Å². The highest BCUT2D eigenvalue weighted by Crippen LogP contribution is 2.43. The van der Waals surface area contributed by atoms with Crippen LogP contribution in [0.5, 0.6) is 0 Å². The van der Waals surface area contributed by atoms with Crippen molar-refractivity contribution in [3.63, 3.8) is 0 Å². The number of nitrogens with zero attached hydrogens (tertiary/aromatic N) is 1. The zero-order valence-corrected chi connectivity index (χ0v) is 51.8. The van der Waals surface area contributed by atoms with Crippen LogP contribution in [0.15, 0.2) is 72.9 Å². The summed E-state index contributed by atoms with van der Waals surface area (Å²) in [6, 6.07) is 0. The molecule has 0 radical (unpaired) electrons. The molecule has 0 amide bonds. The Balaban J connectivity index is 4.04. The first-order chi connectivity index (χ1) is 37.5. The lowest BCUT2D eigenvalue weighted by molar-refractivity contribution is -0.870. The summed E-state index contributed by atoms with van der Waals surface area (Å²) in [5.74, 6) is -0.888. The number of rotatable bonds is 59. The monoisotopic (exact) mass is 1100 g/mol. The molecule has 0 bridgehead atoms. The summed E-state index contributed by atoms with van der Waals surface area (Å²) in [6.07, 6.45) is 77.5. The number of hydrogen-bond acceptors (Lipinski definition) is 7. The van der Waals surface area contributed by atoms with Crippen LogP contribution >= 0.6 is 7.82 Å². The van der Waals surface area contributed by atoms with Gasteiger partial charge in [0.2, 0.25) is 0 Å². The first-order valence-corrected chi connectivity index (χ1v) is 33.7. The quantitative estimate of drug-likeness (QED) is 0.0211. The summed E-state index contributed by atoms with van der Waals surface area (Å²) in [5, 5.41) is 0. The maximum Gasteiger partial charge on any atom is 0.472 e. The lowest BCUT2D eigenvalue weighted by Gasteiger charge is -2.24. The SMILES string of the molecule is CC/C=C\C/C=C\C/C=C\C/C=C\C/C=C\C/C=C\CCC(=O)OC(COC(=O)CCCCCCCCCCCCCCCCCCCCCCCCCCCCCCCCCCCC)COP(=O)(O)OCC[N+](C)(C)C. The Kier molecular flexibility index (Phi) is 56.2. The molecule has 0 rings (SSSR count). The Bertz CT molecular complexity index is 1530. The summed E-state index contributed by atoms with van der Waals surface area (Å²) < 4.78 is 34.5. The van der Waals surface area contributed by atoms with Gasteiger partial charge in [-0.1, -0.05) is 299 Å². The van der Waals surface area contributed by atoms with Gasteiger partial charge in [-0.3, -0.25) is 18.6 Å². The van der Waals surface area contributed by atoms with Gasteiger partial charge in [-0.25, -0.2) is 4.57 Å². The first-order valence-electron chi connectivity index (χ1n) is 32.2. The average Bonchev–Trinajstić information content (AvgIpc) is 3.39. The molecule has 1 N–H and O–H groups in total. The molecule has 0 spiro atoms. The van der Waals surface area contributed by atoms with E-state index in [4.69, 9.17) is 18.5 Å². The maximum atomic E-state index is 12.8. The molecule has 0 heterocycles. The largest absolute Gasteiger partial charge is 0.472 e. The molecule has 2 atom stereocenters. The van der Waals surface area contributed by atoms with Crippen molar-refractivity contribution in [2.75, 3.05) is 47.5 Å². The van der Waals surface area contributed by atoms with Crippen molar-refractivity contribution in [2.45, 2.75) is 296 Å². The van der Waals surface area contributed by atoms with E-state index in [0.29, 0.717) is 17.4 Å². The lowest BCUT2D eigenvalue weighted by atomic mass is 10.0. The van der Waals surface area contributed by atoms with Gasteiger partial charge in [0.15, 0.2) is 6.10 Å². The molecule has 10 heteroatoms. The number of esters is 2. The molecule has 0 aromatic heterocycles. The zero-order chi connectivity index (χ0) is 56.3. The Morgan fingerprint density at radius 3 is 1.08 bits per heavy atom. The van der Waals surface area contributed by atoms with Gasteiger partial charge >= 0.3 is 19.8 Å². The van der Waals surface area contributed by atoms with Crippen LogP contribution < -0.4 is 0 Å². The number of allylic oxidation sites excluding steroid dienone is 12. The van der Waals surface area contributed by atoms with Crippen LogP contribution in [0.25, 0.3) is 0 Å². The molecule has 9 nitrogen and oxygen atoms in total. The van der Waals surface area contributed by atoms with Crippen LogP contribution in [-0.4, -0.2) is 74.9 Å². The number of likely N-dealkylation sites (N-methyl/N-ethyl adjacent to an activating group) is 1. The molecule has 0 aliphatic heterocycles. The van der Waals surface area contributed by atoms with Gasteiger partial charge in [0.05, 0.1) is 27.7 Å². The van der Waals surface area contributed by atoms with E-state index in [-0.39, 0.29) is 32.0 Å². The molecule has 0 saturated heterocycles. The second-order valence-corrected chi connectivity index (χ2v) is 24.2. The van der Waals surface area contributed by atoms with Crippen molar-refractivity contribution in [1.82, 2.24) is 0 Å². The highest BCUT2D eigenvalue weighted by Gasteiger charge is 2.27. The van der Waals surface area contributed by atoms with E-state index < -0.39 is 26.5 Å². The summed E-state index contributed by atoms with van der Waals surface area (Å²) in [5.41, 5.74) is 0. The van der Waals surface area contributed by atoms with E-state index in [2.05, 4.69) is 74.6 Å². The standard InChI is InChI=1S/C67H122NO8P/c1-6-8-10-12-14-16-18-20-22-24-26-27-28-29-30-31-32-33-34-35-36-37-38-39-40-42-43-45-47-49-51-53-55-57-59-66(69)73-63-65(64-75-77(71,72)74-62-61-68(3,4)5)76-67(70)60-58-56-54-52-50-48-46-44-41-25-23-21-19-17-15-13-11-9-7-2/h9,11,15,17,21,23,41,44,48,50,54,56,65H,6-8,10,12-14,16,18-20,22,24-40,42-43,45-47,49,51-53,55,57-64H2,1-5H3/p+1/b11-9-,17-15-,23-21-,44-41-,50-48-,56-54-. The topological polar surface area (TPSA) is 108 Å². The number of ether oxygens (including phenoxy) is 2. The van der Waals surface area contributed by atoms with Crippen molar-refractivity contribution in [3.8, 4) is 0 Å². The van der Waals surface area contributed by atoms with E-state index in [1.165, 1.54) is 199 Å². The third-order valence-electron chi connectivity index (χ3n) is 14.0. The Morgan fingerprint density at radius 1 is 0.416 bits per heavy atom. The molecule has 0 saturated carbocycles. The molecule has 77 heavy (non-hydrogen) atoms. The minimum absolute atomic E-state index is 0.0163. The predicted molar refractivity (Wildman–Crippen MR) is 330 cm³/mol. The van der Waals surface area contributed by atoms with Gasteiger partial charge in [0.1, 0.15) is 19.8 Å². The van der Waals surface area contributed by atoms with Gasteiger partial charge in [0, 0.05) is 12.8 Å². The number of quaternary nitrogens is 1. The fourth-order valence-electron chi connectivity index (χ4n) is 9.10. The van der Waals surface area contributed by atoms with Gasteiger partial charge in [-0.05, 0) is 51.4 Å². The Labute approximate surface area is 476 Å². The van der Waals surface area contributed by atoms with Crippen LogP contribution in [0.4, 0.5) is 0 Å². The summed E-state index contributed by atoms with van der Waals surface area (Å²) in [6.45, 7) is 4.26. The smallest absolute Gasteiger partial charge is 0.462 e. The first kappa shape index (κ1) is 74.5. The number of phosphoric ester groups is 1. The predicted octanol–water partition coefficient (Wildman–Crippen LogP) is 20.4. The Hall–Kier alpha value is -2.55. The summed E-state index contributed by atoms with van der Waals surface area (Å²) >= 11 is 0. The summed E-state index contributed by atoms with van der Waals surface area (Å²) in [4.78, 5) is 35.7. The van der Waals surface area contributed by atoms with Gasteiger partial charge in [0.25, 0.3) is 0 Å². The van der Waals surface area contributed by atoms with E-state index >= 15 is 0 Å². The lowest BCUT2D eigenvalue weighted by Crippen LogP contribution is -2.37. The van der Waals surface area contributed by atoms with Gasteiger partial charge in [-0.15, -0.1) is 0 Å². The van der Waals surface area contributed by atoms with E-state index in [1.807, 2.05) is 33.3 Å². The van der Waals surface area contributed by atoms with Crippen LogP contribution in [0.1, 0.15) is 290 Å². The van der Waals surface area contributed by atoms with Gasteiger partial charge < -0.3 is 18.9 Å². The maximum absolute atomic E-state index is 12.8. The highest BCUT2D eigenvalue weighted by molar-refractivity contribution is 7.47. The average molecular weight is 1100 g/mol. The molecule has 0 aliphatic rings. The fourth-order valence-corrected chi connectivity index (χ4v) is 9.85. The third-order valence-corrected chi connectivity index (χ3v) is 15.0. The fraction of sp³-hybridized carbons (Fsp3) is 0.791. The number of carbonyl (C=O) groups excluding carboxylic acids is 2. The van der Waals surface area contributed by atoms with Crippen LogP contribution in [0.3, 0.4) is 0 Å². The van der Waals surface area contributed by atoms with Crippen molar-refractivity contribution in [3.05, 3.63) is 72.9 Å². The molecular weight excluding hydrogens is 978 g/mol. The van der Waals surface area contributed by atoms with E-state index in [1.54, 1.807) is 0 Å². The van der Waals surface area contributed by atoms with Crippen molar-refractivity contribution >= 4 is 19.8 Å². The molecule has 0 fully saturated rings. The molecule has 448 valence electrons. The van der Waals surface area contributed by atoms with E-state index in [9.17, 15) is 19.0 Å². The third kappa shape index (κ3) is 62.5. The summed E-state index contributed by atoms with van der Waals surface area (Å²) in [7, 11) is 1.43. The molecule has 0 aliphatic carbocycles. The number of unbranched alkanes of at least 4 members (excludes halogenated alkanes) is 33. The van der Waals surface area contributed by atoms with Gasteiger partial charge in [-0.2, -0.15) is 0 Å². The Morgan fingerprint density at radius 2 is 0.740 bits per heavy atom. The van der Waals surface area contributed by atoms with Crippen molar-refractivity contribution in [1.29, 1.82) is 0 Å². The zero-order valence-electron chi connectivity index (χ0n) is 50.9. The highest BCUT2D eigenvalue weighted by atomic mass is 31.2. The molecular formula is C67H123NO8P+. The number of phosphoric acid groups is 1. The molecule has 0 aromatic rings. The second kappa shape index (κ2) is 58.1. The number of carbonyl (C=O) groups is 2. The van der Waals surface area contributed by atoms with Crippen LogP contribution in [0, 0.1) is 0 Å². The second-order valence-electron chi connectivity index (χ2n) is 22.8. The molecule has 0 aromatic carbocycles. The van der Waals surface area contributed by atoms with Crippen molar-refractivity contribution in [2.24, 2.45) is 0 Å².